The fourth-order valence-corrected chi connectivity index (χ4v) is 3.06. The van der Waals surface area contributed by atoms with Crippen LogP contribution in [0.15, 0.2) is 59.2 Å². The molecule has 0 saturated heterocycles. The quantitative estimate of drug-likeness (QED) is 0.838. The van der Waals surface area contributed by atoms with Crippen LogP contribution in [0.25, 0.3) is 6.08 Å². The standard InChI is InChI=1S/C18H17BrN2O/c19-16-8-3-5-14(13-16)10-11-20-18(22)21-12-4-7-15-6-1-2-9-17(15)21/h1-3,5-6,8-11,13H,4,7,12H2,(H,20,22)/b11-10+. The van der Waals surface area contributed by atoms with E-state index >= 15 is 0 Å². The van der Waals surface area contributed by atoms with E-state index in [2.05, 4.69) is 27.3 Å². The molecule has 22 heavy (non-hydrogen) atoms. The minimum absolute atomic E-state index is 0.0848. The van der Waals surface area contributed by atoms with Crippen LogP contribution in [0.2, 0.25) is 0 Å². The predicted molar refractivity (Wildman–Crippen MR) is 93.8 cm³/mol. The third-order valence-corrected chi connectivity index (χ3v) is 4.18. The zero-order valence-electron chi connectivity index (χ0n) is 12.1. The van der Waals surface area contributed by atoms with E-state index < -0.39 is 0 Å². The average Bonchev–Trinajstić information content (AvgIpc) is 2.54. The molecule has 0 aromatic heterocycles. The number of fused-ring (bicyclic) bond motifs is 1. The van der Waals surface area contributed by atoms with Crippen molar-refractivity contribution in [1.29, 1.82) is 0 Å². The topological polar surface area (TPSA) is 32.3 Å². The summed E-state index contributed by atoms with van der Waals surface area (Å²) < 4.78 is 1.02. The highest BCUT2D eigenvalue weighted by molar-refractivity contribution is 9.10. The number of hydrogen-bond acceptors (Lipinski definition) is 1. The number of nitrogens with one attached hydrogen (secondary N) is 1. The van der Waals surface area contributed by atoms with Crippen molar-refractivity contribution < 1.29 is 4.79 Å². The van der Waals surface area contributed by atoms with Crippen LogP contribution in [0.3, 0.4) is 0 Å². The Labute approximate surface area is 138 Å². The maximum atomic E-state index is 12.4. The summed E-state index contributed by atoms with van der Waals surface area (Å²) in [5.74, 6) is 0. The molecular formula is C18H17BrN2O. The van der Waals surface area contributed by atoms with E-state index in [4.69, 9.17) is 0 Å². The third-order valence-electron chi connectivity index (χ3n) is 3.69. The van der Waals surface area contributed by atoms with Crippen molar-refractivity contribution in [2.75, 3.05) is 11.4 Å². The van der Waals surface area contributed by atoms with Gasteiger partial charge in [-0.25, -0.2) is 4.79 Å². The number of hydrogen-bond donors (Lipinski definition) is 1. The smallest absolute Gasteiger partial charge is 0.314 e. The molecule has 3 rings (SSSR count). The van der Waals surface area contributed by atoms with Gasteiger partial charge in [0.05, 0.1) is 0 Å². The van der Waals surface area contributed by atoms with Crippen LogP contribution >= 0.6 is 15.9 Å². The van der Waals surface area contributed by atoms with E-state index in [0.717, 1.165) is 35.1 Å². The zero-order valence-corrected chi connectivity index (χ0v) is 13.7. The normalized spacial score (nSPS) is 14.0. The Bertz CT molecular complexity index is 712. The summed E-state index contributed by atoms with van der Waals surface area (Å²) in [5, 5.41) is 2.85. The van der Waals surface area contributed by atoms with E-state index in [1.165, 1.54) is 5.56 Å². The van der Waals surface area contributed by atoms with Crippen molar-refractivity contribution in [2.45, 2.75) is 12.8 Å². The van der Waals surface area contributed by atoms with Gasteiger partial charge in [-0.1, -0.05) is 46.3 Å². The number of benzene rings is 2. The van der Waals surface area contributed by atoms with Crippen LogP contribution in [0.4, 0.5) is 10.5 Å². The van der Waals surface area contributed by atoms with Crippen LogP contribution in [0.5, 0.6) is 0 Å². The lowest BCUT2D eigenvalue weighted by Gasteiger charge is -2.28. The van der Waals surface area contributed by atoms with Gasteiger partial charge in [0.25, 0.3) is 0 Å². The summed E-state index contributed by atoms with van der Waals surface area (Å²) in [6.45, 7) is 0.758. The Morgan fingerprint density at radius 3 is 2.91 bits per heavy atom. The Kier molecular flexibility index (Phi) is 4.59. The first-order chi connectivity index (χ1) is 10.7. The molecule has 1 N–H and O–H groups in total. The molecule has 2 amide bonds. The molecule has 3 nitrogen and oxygen atoms in total. The summed E-state index contributed by atoms with van der Waals surface area (Å²) in [7, 11) is 0. The number of rotatable bonds is 2. The van der Waals surface area contributed by atoms with Crippen molar-refractivity contribution in [3.63, 3.8) is 0 Å². The minimum Gasteiger partial charge on any atom is -0.314 e. The van der Waals surface area contributed by atoms with Gasteiger partial charge in [0.2, 0.25) is 0 Å². The maximum absolute atomic E-state index is 12.4. The highest BCUT2D eigenvalue weighted by Gasteiger charge is 2.21. The number of urea groups is 1. The van der Waals surface area contributed by atoms with Gasteiger partial charge >= 0.3 is 6.03 Å². The summed E-state index contributed by atoms with van der Waals surface area (Å²) in [6, 6.07) is 15.9. The van der Waals surface area contributed by atoms with Crippen molar-refractivity contribution >= 4 is 33.7 Å². The molecule has 1 aliphatic heterocycles. The van der Waals surface area contributed by atoms with Gasteiger partial charge in [0, 0.05) is 22.9 Å². The van der Waals surface area contributed by atoms with Crippen LogP contribution in [0, 0.1) is 0 Å². The van der Waals surface area contributed by atoms with Crippen molar-refractivity contribution in [2.24, 2.45) is 0 Å². The third kappa shape index (κ3) is 3.39. The zero-order chi connectivity index (χ0) is 15.4. The lowest BCUT2D eigenvalue weighted by molar-refractivity contribution is 0.249. The fourth-order valence-electron chi connectivity index (χ4n) is 2.64. The molecule has 4 heteroatoms. The number of carbonyl (C=O) groups excluding carboxylic acids is 1. The van der Waals surface area contributed by atoms with Crippen LogP contribution in [-0.4, -0.2) is 12.6 Å². The van der Waals surface area contributed by atoms with Crippen LogP contribution in [-0.2, 0) is 6.42 Å². The molecule has 0 unspecified atom stereocenters. The average molecular weight is 357 g/mol. The first-order valence-corrected chi connectivity index (χ1v) is 8.11. The highest BCUT2D eigenvalue weighted by Crippen LogP contribution is 2.26. The Hall–Kier alpha value is -2.07. The minimum atomic E-state index is -0.0848. The van der Waals surface area contributed by atoms with E-state index in [9.17, 15) is 4.79 Å². The Morgan fingerprint density at radius 1 is 1.18 bits per heavy atom. The number of halogens is 1. The lowest BCUT2D eigenvalue weighted by Crippen LogP contribution is -2.40. The summed E-state index contributed by atoms with van der Waals surface area (Å²) in [5.41, 5.74) is 3.29. The number of para-hydroxylation sites is 1. The Morgan fingerprint density at radius 2 is 2.05 bits per heavy atom. The second-order valence-electron chi connectivity index (χ2n) is 5.22. The number of carbonyl (C=O) groups is 1. The fraction of sp³-hybridized carbons (Fsp3) is 0.167. The van der Waals surface area contributed by atoms with Crippen molar-refractivity contribution in [1.82, 2.24) is 5.32 Å². The van der Waals surface area contributed by atoms with Gasteiger partial charge < -0.3 is 5.32 Å². The molecule has 2 aromatic carbocycles. The molecule has 0 saturated carbocycles. The van der Waals surface area contributed by atoms with Crippen molar-refractivity contribution in [3.05, 3.63) is 70.3 Å². The van der Waals surface area contributed by atoms with Gasteiger partial charge in [0.1, 0.15) is 0 Å². The summed E-state index contributed by atoms with van der Waals surface area (Å²) >= 11 is 3.43. The second kappa shape index (κ2) is 6.79. The molecule has 112 valence electrons. The molecule has 0 spiro atoms. The van der Waals surface area contributed by atoms with E-state index in [-0.39, 0.29) is 6.03 Å². The second-order valence-corrected chi connectivity index (χ2v) is 6.14. The monoisotopic (exact) mass is 356 g/mol. The molecule has 0 bridgehead atoms. The van der Waals surface area contributed by atoms with Crippen LogP contribution < -0.4 is 10.2 Å². The molecule has 0 aliphatic carbocycles. The van der Waals surface area contributed by atoms with Gasteiger partial charge in [-0.3, -0.25) is 4.90 Å². The molecule has 1 heterocycles. The van der Waals surface area contributed by atoms with Gasteiger partial charge in [-0.15, -0.1) is 0 Å². The predicted octanol–water partition coefficient (Wildman–Crippen LogP) is 4.58. The van der Waals surface area contributed by atoms with E-state index in [1.54, 1.807) is 6.20 Å². The van der Waals surface area contributed by atoms with Crippen molar-refractivity contribution in [3.8, 4) is 0 Å². The molecule has 0 fully saturated rings. The SMILES string of the molecule is O=C(N/C=C/c1cccc(Br)c1)N1CCCc2ccccc21. The van der Waals surface area contributed by atoms with Gasteiger partial charge in [-0.05, 0) is 48.2 Å². The highest BCUT2D eigenvalue weighted by atomic mass is 79.9. The largest absolute Gasteiger partial charge is 0.325 e. The number of nitrogens with zero attached hydrogens (tertiary/aromatic N) is 1. The lowest BCUT2D eigenvalue weighted by atomic mass is 10.0. The molecule has 1 aliphatic rings. The van der Waals surface area contributed by atoms with Gasteiger partial charge in [-0.2, -0.15) is 0 Å². The molecule has 2 aromatic rings. The summed E-state index contributed by atoms with van der Waals surface area (Å²) in [6.07, 6.45) is 5.62. The summed E-state index contributed by atoms with van der Waals surface area (Å²) in [4.78, 5) is 14.2. The van der Waals surface area contributed by atoms with Gasteiger partial charge in [0.15, 0.2) is 0 Å². The number of aryl methyl sites for hydroxylation is 1. The molecular weight excluding hydrogens is 340 g/mol. The Balaban J connectivity index is 1.68. The number of amides is 2. The number of anilines is 1. The van der Waals surface area contributed by atoms with E-state index in [0.29, 0.717) is 0 Å². The first-order valence-electron chi connectivity index (χ1n) is 7.32. The molecule has 0 radical (unpaired) electrons. The maximum Gasteiger partial charge on any atom is 0.325 e. The molecule has 0 atom stereocenters. The van der Waals surface area contributed by atoms with E-state index in [1.807, 2.05) is 53.4 Å². The first kappa shape index (κ1) is 14.9. The van der Waals surface area contributed by atoms with Crippen LogP contribution in [0.1, 0.15) is 17.5 Å².